The number of amides is 2. The van der Waals surface area contributed by atoms with Gasteiger partial charge in [-0.1, -0.05) is 13.2 Å². The molecule has 0 aromatic heterocycles. The largest absolute Gasteiger partial charge is 0.338 e. The zero-order chi connectivity index (χ0) is 10.6. The van der Waals surface area contributed by atoms with Gasteiger partial charge in [0.15, 0.2) is 0 Å². The predicted molar refractivity (Wildman–Crippen MR) is 53.3 cm³/mol. The molecule has 1 aliphatic heterocycles. The molecule has 0 radical (unpaired) electrons. The van der Waals surface area contributed by atoms with Crippen LogP contribution in [0.15, 0.2) is 24.9 Å². The van der Waals surface area contributed by atoms with E-state index in [-0.39, 0.29) is 11.8 Å². The standard InChI is InChI=1S/C10H14N2O2/c1-3-11-10(14)8(2)7-12-6-4-5-9(12)13/h3H,1-2,4-7H2,(H,11,14). The Bertz CT molecular complexity index is 284. The molecule has 0 atom stereocenters. The number of hydrogen-bond acceptors (Lipinski definition) is 2. The van der Waals surface area contributed by atoms with Gasteiger partial charge < -0.3 is 10.2 Å². The minimum absolute atomic E-state index is 0.0950. The molecule has 0 aromatic rings. The number of likely N-dealkylation sites (tertiary alicyclic amines) is 1. The number of hydrogen-bond donors (Lipinski definition) is 1. The fraction of sp³-hybridized carbons (Fsp3) is 0.400. The maximum atomic E-state index is 11.2. The lowest BCUT2D eigenvalue weighted by Crippen LogP contribution is -2.31. The lowest BCUT2D eigenvalue weighted by Gasteiger charge is -2.15. The van der Waals surface area contributed by atoms with Crippen molar-refractivity contribution in [2.45, 2.75) is 12.8 Å². The quantitative estimate of drug-likeness (QED) is 0.659. The van der Waals surface area contributed by atoms with Gasteiger partial charge in [0.2, 0.25) is 5.91 Å². The second-order valence-electron chi connectivity index (χ2n) is 3.20. The normalized spacial score (nSPS) is 15.4. The molecule has 2 amide bonds. The van der Waals surface area contributed by atoms with E-state index in [0.29, 0.717) is 18.5 Å². The molecule has 76 valence electrons. The van der Waals surface area contributed by atoms with E-state index in [1.54, 1.807) is 4.90 Å². The minimum Gasteiger partial charge on any atom is -0.338 e. The molecule has 1 aliphatic rings. The van der Waals surface area contributed by atoms with Crippen LogP contribution >= 0.6 is 0 Å². The van der Waals surface area contributed by atoms with Crippen molar-refractivity contribution >= 4 is 11.8 Å². The van der Waals surface area contributed by atoms with E-state index < -0.39 is 0 Å². The van der Waals surface area contributed by atoms with Crippen LogP contribution < -0.4 is 5.32 Å². The highest BCUT2D eigenvalue weighted by Gasteiger charge is 2.21. The summed E-state index contributed by atoms with van der Waals surface area (Å²) >= 11 is 0. The van der Waals surface area contributed by atoms with Gasteiger partial charge in [-0.2, -0.15) is 0 Å². The van der Waals surface area contributed by atoms with Crippen LogP contribution in [-0.4, -0.2) is 29.8 Å². The fourth-order valence-electron chi connectivity index (χ4n) is 1.37. The van der Waals surface area contributed by atoms with E-state index >= 15 is 0 Å². The van der Waals surface area contributed by atoms with Gasteiger partial charge in [-0.25, -0.2) is 0 Å². The zero-order valence-corrected chi connectivity index (χ0v) is 8.08. The SMILES string of the molecule is C=CNC(=O)C(=C)CN1CCCC1=O. The van der Waals surface area contributed by atoms with Crippen LogP contribution in [0.4, 0.5) is 0 Å². The highest BCUT2D eigenvalue weighted by Crippen LogP contribution is 2.10. The second kappa shape index (κ2) is 4.60. The maximum absolute atomic E-state index is 11.2. The first-order valence-corrected chi connectivity index (χ1v) is 4.52. The van der Waals surface area contributed by atoms with Crippen molar-refractivity contribution in [3.63, 3.8) is 0 Å². The van der Waals surface area contributed by atoms with E-state index in [0.717, 1.165) is 13.0 Å². The van der Waals surface area contributed by atoms with Gasteiger partial charge in [-0.05, 0) is 12.6 Å². The molecule has 1 heterocycles. The van der Waals surface area contributed by atoms with Crippen molar-refractivity contribution in [1.82, 2.24) is 10.2 Å². The summed E-state index contributed by atoms with van der Waals surface area (Å²) in [6.07, 6.45) is 2.75. The van der Waals surface area contributed by atoms with Gasteiger partial charge in [-0.15, -0.1) is 0 Å². The smallest absolute Gasteiger partial charge is 0.252 e. The summed E-state index contributed by atoms with van der Waals surface area (Å²) in [5.41, 5.74) is 0.389. The Morgan fingerprint density at radius 3 is 2.86 bits per heavy atom. The molecular formula is C10H14N2O2. The Morgan fingerprint density at radius 1 is 1.64 bits per heavy atom. The van der Waals surface area contributed by atoms with Crippen molar-refractivity contribution < 1.29 is 9.59 Å². The van der Waals surface area contributed by atoms with Crippen LogP contribution in [0.25, 0.3) is 0 Å². The fourth-order valence-corrected chi connectivity index (χ4v) is 1.37. The molecule has 1 fully saturated rings. The van der Waals surface area contributed by atoms with Gasteiger partial charge in [0.25, 0.3) is 5.91 Å². The van der Waals surface area contributed by atoms with Gasteiger partial charge in [0.05, 0.1) is 6.54 Å². The number of carbonyl (C=O) groups excluding carboxylic acids is 2. The highest BCUT2D eigenvalue weighted by atomic mass is 16.2. The van der Waals surface area contributed by atoms with Gasteiger partial charge in [0, 0.05) is 18.5 Å². The number of nitrogens with zero attached hydrogens (tertiary/aromatic N) is 1. The first kappa shape index (κ1) is 10.5. The molecule has 0 unspecified atom stereocenters. The molecule has 4 heteroatoms. The van der Waals surface area contributed by atoms with Crippen molar-refractivity contribution in [1.29, 1.82) is 0 Å². The third-order valence-electron chi connectivity index (χ3n) is 2.11. The summed E-state index contributed by atoms with van der Waals surface area (Å²) in [6.45, 7) is 8.03. The molecule has 4 nitrogen and oxygen atoms in total. The van der Waals surface area contributed by atoms with Crippen LogP contribution in [0, 0.1) is 0 Å². The molecule has 14 heavy (non-hydrogen) atoms. The summed E-state index contributed by atoms with van der Waals surface area (Å²) in [4.78, 5) is 24.1. The van der Waals surface area contributed by atoms with Gasteiger partial charge in [-0.3, -0.25) is 9.59 Å². The van der Waals surface area contributed by atoms with Crippen LogP contribution in [0.5, 0.6) is 0 Å². The Hall–Kier alpha value is -1.58. The van der Waals surface area contributed by atoms with Crippen molar-refractivity contribution in [2.75, 3.05) is 13.1 Å². The molecule has 0 spiro atoms. The zero-order valence-electron chi connectivity index (χ0n) is 8.08. The summed E-state index contributed by atoms with van der Waals surface area (Å²) in [6, 6.07) is 0. The summed E-state index contributed by atoms with van der Waals surface area (Å²) in [7, 11) is 0. The topological polar surface area (TPSA) is 49.4 Å². The molecule has 0 bridgehead atoms. The number of carbonyl (C=O) groups is 2. The van der Waals surface area contributed by atoms with Gasteiger partial charge in [0.1, 0.15) is 0 Å². The molecule has 0 aliphatic carbocycles. The lowest BCUT2D eigenvalue weighted by atomic mass is 10.2. The molecular weight excluding hydrogens is 180 g/mol. The summed E-state index contributed by atoms with van der Waals surface area (Å²) in [5.74, 6) is -0.183. The van der Waals surface area contributed by atoms with E-state index in [1.165, 1.54) is 6.20 Å². The Kier molecular flexibility index (Phi) is 3.45. The number of rotatable bonds is 4. The lowest BCUT2D eigenvalue weighted by molar-refractivity contribution is -0.127. The molecule has 0 saturated carbocycles. The van der Waals surface area contributed by atoms with Crippen LogP contribution in [0.3, 0.4) is 0 Å². The molecule has 1 N–H and O–H groups in total. The van der Waals surface area contributed by atoms with Crippen LogP contribution in [-0.2, 0) is 9.59 Å². The van der Waals surface area contributed by atoms with E-state index in [2.05, 4.69) is 18.5 Å². The average molecular weight is 194 g/mol. The van der Waals surface area contributed by atoms with E-state index in [9.17, 15) is 9.59 Å². The summed E-state index contributed by atoms with van der Waals surface area (Å²) < 4.78 is 0. The van der Waals surface area contributed by atoms with Crippen molar-refractivity contribution in [3.8, 4) is 0 Å². The molecule has 1 saturated heterocycles. The second-order valence-corrected chi connectivity index (χ2v) is 3.20. The van der Waals surface area contributed by atoms with Crippen molar-refractivity contribution in [3.05, 3.63) is 24.9 Å². The highest BCUT2D eigenvalue weighted by molar-refractivity contribution is 5.94. The Labute approximate surface area is 83.3 Å². The van der Waals surface area contributed by atoms with Crippen LogP contribution in [0.1, 0.15) is 12.8 Å². The third kappa shape index (κ3) is 2.45. The molecule has 0 aromatic carbocycles. The van der Waals surface area contributed by atoms with Gasteiger partial charge >= 0.3 is 0 Å². The first-order valence-electron chi connectivity index (χ1n) is 4.52. The Morgan fingerprint density at radius 2 is 2.36 bits per heavy atom. The van der Waals surface area contributed by atoms with E-state index in [1.807, 2.05) is 0 Å². The number of nitrogens with one attached hydrogen (secondary N) is 1. The molecule has 1 rings (SSSR count). The van der Waals surface area contributed by atoms with E-state index in [4.69, 9.17) is 0 Å². The monoisotopic (exact) mass is 194 g/mol. The maximum Gasteiger partial charge on any atom is 0.252 e. The van der Waals surface area contributed by atoms with Crippen molar-refractivity contribution in [2.24, 2.45) is 0 Å². The van der Waals surface area contributed by atoms with Crippen LogP contribution in [0.2, 0.25) is 0 Å². The third-order valence-corrected chi connectivity index (χ3v) is 2.11. The minimum atomic E-state index is -0.278. The Balaban J connectivity index is 2.43. The first-order chi connectivity index (χ1) is 6.65. The summed E-state index contributed by atoms with van der Waals surface area (Å²) in [5, 5.41) is 2.42. The predicted octanol–water partition coefficient (Wildman–Crippen LogP) is 0.425. The average Bonchev–Trinajstić information content (AvgIpc) is 2.52.